The lowest BCUT2D eigenvalue weighted by Crippen LogP contribution is -2.49. The van der Waals surface area contributed by atoms with Crippen LogP contribution in [0.2, 0.25) is 0 Å². The summed E-state index contributed by atoms with van der Waals surface area (Å²) in [4.78, 5) is 21.4. The van der Waals surface area contributed by atoms with Gasteiger partial charge in [0.1, 0.15) is 11.3 Å². The van der Waals surface area contributed by atoms with Crippen LogP contribution in [0.1, 0.15) is 5.56 Å². The van der Waals surface area contributed by atoms with Crippen LogP contribution in [-0.2, 0) is 11.2 Å². The van der Waals surface area contributed by atoms with E-state index in [4.69, 9.17) is 0 Å². The molecule has 1 aromatic heterocycles. The van der Waals surface area contributed by atoms with Gasteiger partial charge in [0, 0.05) is 26.2 Å². The maximum Gasteiger partial charge on any atom is 0.227 e. The summed E-state index contributed by atoms with van der Waals surface area (Å²) in [5.41, 5.74) is 1.50. The highest BCUT2D eigenvalue weighted by Crippen LogP contribution is 2.30. The predicted molar refractivity (Wildman–Crippen MR) is 116 cm³/mol. The van der Waals surface area contributed by atoms with Crippen LogP contribution in [0.15, 0.2) is 60.7 Å². The zero-order valence-electron chi connectivity index (χ0n) is 15.8. The number of rotatable bonds is 3. The number of thiazole rings is 1. The Balaban J connectivity index is 1.27. The number of amides is 1. The lowest BCUT2D eigenvalue weighted by molar-refractivity contribution is -0.130. The van der Waals surface area contributed by atoms with Gasteiger partial charge in [0.15, 0.2) is 5.13 Å². The summed E-state index contributed by atoms with van der Waals surface area (Å²) < 4.78 is 14.8. The second kappa shape index (κ2) is 7.44. The lowest BCUT2D eigenvalue weighted by Gasteiger charge is -2.34. The van der Waals surface area contributed by atoms with Gasteiger partial charge in [-0.1, -0.05) is 59.9 Å². The monoisotopic (exact) mass is 405 g/mol. The van der Waals surface area contributed by atoms with Gasteiger partial charge in [-0.2, -0.15) is 0 Å². The molecule has 0 bridgehead atoms. The Morgan fingerprint density at radius 2 is 1.72 bits per heavy atom. The summed E-state index contributed by atoms with van der Waals surface area (Å²) >= 11 is 1.50. The molecule has 0 radical (unpaired) electrons. The molecule has 29 heavy (non-hydrogen) atoms. The minimum Gasteiger partial charge on any atom is -0.345 e. The molecule has 1 fully saturated rings. The third kappa shape index (κ3) is 3.44. The third-order valence-electron chi connectivity index (χ3n) is 5.48. The molecule has 0 spiro atoms. The van der Waals surface area contributed by atoms with Crippen molar-refractivity contribution in [3.8, 4) is 0 Å². The average Bonchev–Trinajstić information content (AvgIpc) is 3.20. The highest BCUT2D eigenvalue weighted by molar-refractivity contribution is 7.22. The molecule has 1 aliphatic heterocycles. The molecule has 0 N–H and O–H groups in total. The summed E-state index contributed by atoms with van der Waals surface area (Å²) in [6, 6.07) is 19.3. The maximum atomic E-state index is 13.9. The Hall–Kier alpha value is -2.99. The second-order valence-electron chi connectivity index (χ2n) is 7.27. The first-order valence-electron chi connectivity index (χ1n) is 9.73. The molecule has 146 valence electrons. The standard InChI is InChI=1S/C23H20FN3OS/c24-19-9-4-10-20-22(19)25-23(29-20)27-13-11-26(12-14-27)21(28)15-17-7-3-6-16-5-1-2-8-18(16)17/h1-10H,11-15H2. The van der Waals surface area contributed by atoms with Crippen molar-refractivity contribution in [3.05, 3.63) is 72.0 Å². The van der Waals surface area contributed by atoms with Crippen LogP contribution in [0.3, 0.4) is 0 Å². The number of aromatic nitrogens is 1. The smallest absolute Gasteiger partial charge is 0.227 e. The van der Waals surface area contributed by atoms with Crippen molar-refractivity contribution >= 4 is 43.4 Å². The highest BCUT2D eigenvalue weighted by atomic mass is 32.1. The van der Waals surface area contributed by atoms with Crippen molar-refractivity contribution in [1.29, 1.82) is 0 Å². The SMILES string of the molecule is O=C(Cc1cccc2ccccc12)N1CCN(c2nc3c(F)cccc3s2)CC1. The molecule has 1 aliphatic rings. The quantitative estimate of drug-likeness (QED) is 0.504. The van der Waals surface area contributed by atoms with Crippen LogP contribution in [0.25, 0.3) is 21.0 Å². The van der Waals surface area contributed by atoms with Crippen molar-refractivity contribution in [3.63, 3.8) is 0 Å². The normalized spacial score (nSPS) is 14.7. The second-order valence-corrected chi connectivity index (χ2v) is 8.28. The first-order valence-corrected chi connectivity index (χ1v) is 10.5. The molecule has 0 atom stereocenters. The molecule has 0 unspecified atom stereocenters. The van der Waals surface area contributed by atoms with Gasteiger partial charge >= 0.3 is 0 Å². The van der Waals surface area contributed by atoms with E-state index in [0.717, 1.165) is 26.2 Å². The van der Waals surface area contributed by atoms with Gasteiger partial charge in [-0.25, -0.2) is 9.37 Å². The molecule has 0 aliphatic carbocycles. The molecule has 1 saturated heterocycles. The third-order valence-corrected chi connectivity index (χ3v) is 6.56. The van der Waals surface area contributed by atoms with E-state index in [9.17, 15) is 9.18 Å². The molecule has 4 aromatic rings. The Morgan fingerprint density at radius 3 is 2.55 bits per heavy atom. The number of halogens is 1. The minimum atomic E-state index is -0.283. The number of piperazine rings is 1. The van der Waals surface area contributed by atoms with Crippen LogP contribution in [0.4, 0.5) is 9.52 Å². The van der Waals surface area contributed by atoms with E-state index in [1.165, 1.54) is 17.4 Å². The molecular weight excluding hydrogens is 385 g/mol. The van der Waals surface area contributed by atoms with Crippen LogP contribution in [0, 0.1) is 5.82 Å². The molecule has 5 rings (SSSR count). The van der Waals surface area contributed by atoms with Gasteiger partial charge in [-0.15, -0.1) is 0 Å². The fourth-order valence-corrected chi connectivity index (χ4v) is 4.94. The zero-order chi connectivity index (χ0) is 19.8. The maximum absolute atomic E-state index is 13.9. The highest BCUT2D eigenvalue weighted by Gasteiger charge is 2.24. The molecule has 6 heteroatoms. The van der Waals surface area contributed by atoms with E-state index in [0.29, 0.717) is 38.1 Å². The van der Waals surface area contributed by atoms with E-state index in [1.54, 1.807) is 6.07 Å². The predicted octanol–water partition coefficient (Wildman–Crippen LogP) is 4.48. The van der Waals surface area contributed by atoms with Crippen molar-refractivity contribution in [2.24, 2.45) is 0 Å². The molecule has 2 heterocycles. The number of benzene rings is 3. The van der Waals surface area contributed by atoms with Crippen LogP contribution < -0.4 is 4.90 Å². The van der Waals surface area contributed by atoms with E-state index in [2.05, 4.69) is 28.1 Å². The van der Waals surface area contributed by atoms with E-state index < -0.39 is 0 Å². The Morgan fingerprint density at radius 1 is 0.966 bits per heavy atom. The first-order chi connectivity index (χ1) is 14.2. The lowest BCUT2D eigenvalue weighted by atomic mass is 10.0. The number of carbonyl (C=O) groups is 1. The number of carbonyl (C=O) groups excluding carboxylic acids is 1. The van der Waals surface area contributed by atoms with Crippen molar-refractivity contribution < 1.29 is 9.18 Å². The first kappa shape index (κ1) is 18.1. The van der Waals surface area contributed by atoms with E-state index in [-0.39, 0.29) is 11.7 Å². The van der Waals surface area contributed by atoms with Crippen molar-refractivity contribution in [2.45, 2.75) is 6.42 Å². The molecule has 1 amide bonds. The number of hydrogen-bond acceptors (Lipinski definition) is 4. The number of fused-ring (bicyclic) bond motifs is 2. The number of anilines is 1. The van der Waals surface area contributed by atoms with Gasteiger partial charge in [0.25, 0.3) is 0 Å². The van der Waals surface area contributed by atoms with E-state index >= 15 is 0 Å². The van der Waals surface area contributed by atoms with Gasteiger partial charge in [0.05, 0.1) is 11.1 Å². The van der Waals surface area contributed by atoms with Gasteiger partial charge < -0.3 is 9.80 Å². The van der Waals surface area contributed by atoms with Gasteiger partial charge in [-0.05, 0) is 28.5 Å². The van der Waals surface area contributed by atoms with Crippen molar-refractivity contribution in [2.75, 3.05) is 31.1 Å². The summed E-state index contributed by atoms with van der Waals surface area (Å²) in [7, 11) is 0. The summed E-state index contributed by atoms with van der Waals surface area (Å²) in [5.74, 6) is -0.134. The molecule has 4 nitrogen and oxygen atoms in total. The summed E-state index contributed by atoms with van der Waals surface area (Å²) in [5, 5.41) is 3.12. The average molecular weight is 405 g/mol. The summed E-state index contributed by atoms with van der Waals surface area (Å²) in [6.45, 7) is 2.73. The Labute approximate surface area is 172 Å². The number of para-hydroxylation sites is 1. The van der Waals surface area contributed by atoms with Crippen LogP contribution in [0.5, 0.6) is 0 Å². The van der Waals surface area contributed by atoms with Gasteiger partial charge in [0.2, 0.25) is 5.91 Å². The minimum absolute atomic E-state index is 0.149. The van der Waals surface area contributed by atoms with Gasteiger partial charge in [-0.3, -0.25) is 4.79 Å². The van der Waals surface area contributed by atoms with E-state index in [1.807, 2.05) is 35.2 Å². The fourth-order valence-electron chi connectivity index (χ4n) is 3.91. The largest absolute Gasteiger partial charge is 0.345 e. The fraction of sp³-hybridized carbons (Fsp3) is 0.217. The summed E-state index contributed by atoms with van der Waals surface area (Å²) in [6.07, 6.45) is 0.410. The topological polar surface area (TPSA) is 36.4 Å². The van der Waals surface area contributed by atoms with Crippen LogP contribution >= 0.6 is 11.3 Å². The zero-order valence-corrected chi connectivity index (χ0v) is 16.7. The Kier molecular flexibility index (Phi) is 4.64. The molecular formula is C23H20FN3OS. The molecule has 0 saturated carbocycles. The van der Waals surface area contributed by atoms with Crippen molar-refractivity contribution in [1.82, 2.24) is 9.88 Å². The number of hydrogen-bond donors (Lipinski definition) is 0. The Bertz CT molecular complexity index is 1190. The van der Waals surface area contributed by atoms with Crippen LogP contribution in [-0.4, -0.2) is 42.0 Å². The number of nitrogens with zero attached hydrogens (tertiary/aromatic N) is 3. The molecule has 3 aromatic carbocycles.